The number of sulfonamides is 1. The Balaban J connectivity index is 1.46. The first kappa shape index (κ1) is 20.8. The van der Waals surface area contributed by atoms with Gasteiger partial charge >= 0.3 is 0 Å². The van der Waals surface area contributed by atoms with Crippen LogP contribution in [-0.2, 0) is 14.8 Å². The average molecular weight is 425 g/mol. The Morgan fingerprint density at radius 3 is 2.20 bits per heavy atom. The predicted octanol–water partition coefficient (Wildman–Crippen LogP) is 4.82. The summed E-state index contributed by atoms with van der Waals surface area (Å²) < 4.78 is 27.0. The van der Waals surface area contributed by atoms with Crippen molar-refractivity contribution in [1.82, 2.24) is 4.72 Å². The number of benzene rings is 3. The van der Waals surface area contributed by atoms with Crippen molar-refractivity contribution in [2.45, 2.75) is 50.8 Å². The van der Waals surface area contributed by atoms with E-state index in [-0.39, 0.29) is 17.9 Å². The van der Waals surface area contributed by atoms with Crippen LogP contribution in [0.3, 0.4) is 0 Å². The van der Waals surface area contributed by atoms with Crippen molar-refractivity contribution >= 4 is 43.2 Å². The lowest BCUT2D eigenvalue weighted by Gasteiger charge is -2.29. The topological polar surface area (TPSA) is 75.3 Å². The second-order valence-corrected chi connectivity index (χ2v) is 10.7. The van der Waals surface area contributed by atoms with Crippen molar-refractivity contribution in [2.24, 2.45) is 5.92 Å². The molecule has 5 nitrogen and oxygen atoms in total. The van der Waals surface area contributed by atoms with Gasteiger partial charge in [-0.2, -0.15) is 0 Å². The number of anilines is 1. The van der Waals surface area contributed by atoms with E-state index >= 15 is 0 Å². The maximum Gasteiger partial charge on any atom is 0.227 e. The lowest BCUT2D eigenvalue weighted by molar-refractivity contribution is -0.120. The van der Waals surface area contributed by atoms with Crippen molar-refractivity contribution in [3.63, 3.8) is 0 Å². The quantitative estimate of drug-likeness (QED) is 0.577. The molecule has 1 amide bonds. The highest BCUT2D eigenvalue weighted by atomic mass is 32.2. The van der Waals surface area contributed by atoms with Gasteiger partial charge in [-0.05, 0) is 73.9 Å². The summed E-state index contributed by atoms with van der Waals surface area (Å²) in [6.45, 7) is 3.35. The molecular formula is C24H28N2O3S. The second-order valence-electron chi connectivity index (χ2n) is 8.48. The molecule has 2 N–H and O–H groups in total. The van der Waals surface area contributed by atoms with Crippen molar-refractivity contribution in [1.29, 1.82) is 0 Å². The van der Waals surface area contributed by atoms with Crippen LogP contribution < -0.4 is 10.0 Å². The van der Waals surface area contributed by atoms with Crippen LogP contribution in [-0.4, -0.2) is 25.6 Å². The Morgan fingerprint density at radius 2 is 1.53 bits per heavy atom. The summed E-state index contributed by atoms with van der Waals surface area (Å²) in [6.07, 6.45) is 2.74. The van der Waals surface area contributed by atoms with Crippen LogP contribution >= 0.6 is 0 Å². The fourth-order valence-electron chi connectivity index (χ4n) is 4.15. The maximum absolute atomic E-state index is 12.9. The molecule has 0 radical (unpaired) electrons. The molecule has 0 aliphatic heterocycles. The summed E-state index contributed by atoms with van der Waals surface area (Å²) in [4.78, 5) is 12.9. The Kier molecular flexibility index (Phi) is 5.80. The van der Waals surface area contributed by atoms with E-state index in [1.165, 1.54) is 5.39 Å². The number of nitrogens with one attached hydrogen (secondary N) is 2. The molecule has 1 aliphatic carbocycles. The monoisotopic (exact) mass is 424 g/mol. The molecule has 0 bridgehead atoms. The summed E-state index contributed by atoms with van der Waals surface area (Å²) >= 11 is 0. The molecule has 0 spiro atoms. The maximum atomic E-state index is 12.9. The van der Waals surface area contributed by atoms with Crippen LogP contribution in [0.15, 0.2) is 54.6 Å². The van der Waals surface area contributed by atoms with Crippen LogP contribution in [0.2, 0.25) is 0 Å². The zero-order chi connectivity index (χ0) is 21.3. The van der Waals surface area contributed by atoms with Crippen LogP contribution in [0, 0.1) is 5.92 Å². The Labute approximate surface area is 177 Å². The molecule has 0 heterocycles. The predicted molar refractivity (Wildman–Crippen MR) is 123 cm³/mol. The number of fused-ring (bicyclic) bond motifs is 2. The van der Waals surface area contributed by atoms with E-state index in [1.54, 1.807) is 13.8 Å². The number of carbonyl (C=O) groups excluding carboxylic acids is 1. The van der Waals surface area contributed by atoms with Crippen LogP contribution in [0.4, 0.5) is 5.69 Å². The molecule has 6 heteroatoms. The van der Waals surface area contributed by atoms with Crippen molar-refractivity contribution in [3.05, 3.63) is 54.6 Å². The van der Waals surface area contributed by atoms with E-state index in [9.17, 15) is 13.2 Å². The fraction of sp³-hybridized carbons (Fsp3) is 0.375. The van der Waals surface area contributed by atoms with E-state index < -0.39 is 15.3 Å². The third kappa shape index (κ3) is 4.35. The van der Waals surface area contributed by atoms with Gasteiger partial charge in [-0.25, -0.2) is 13.1 Å². The summed E-state index contributed by atoms with van der Waals surface area (Å²) in [5.41, 5.74) is 0.825. The smallest absolute Gasteiger partial charge is 0.227 e. The zero-order valence-electron chi connectivity index (χ0n) is 17.4. The molecule has 158 valence electrons. The molecule has 3 aromatic carbocycles. The SMILES string of the molecule is CC(C)S(=O)(=O)NC1CCC(C(=O)Nc2cccc3cc4ccccc4cc23)CC1. The third-order valence-electron chi connectivity index (χ3n) is 6.05. The van der Waals surface area contributed by atoms with Crippen molar-refractivity contribution < 1.29 is 13.2 Å². The van der Waals surface area contributed by atoms with Crippen LogP contribution in [0.1, 0.15) is 39.5 Å². The zero-order valence-corrected chi connectivity index (χ0v) is 18.2. The number of carbonyl (C=O) groups is 1. The molecule has 1 fully saturated rings. The molecule has 0 atom stereocenters. The number of hydrogen-bond acceptors (Lipinski definition) is 3. The highest BCUT2D eigenvalue weighted by molar-refractivity contribution is 7.90. The van der Waals surface area contributed by atoms with Gasteiger partial charge in [0.1, 0.15) is 0 Å². The third-order valence-corrected chi connectivity index (χ3v) is 7.96. The van der Waals surface area contributed by atoms with Crippen LogP contribution in [0.5, 0.6) is 0 Å². The Morgan fingerprint density at radius 1 is 0.900 bits per heavy atom. The minimum atomic E-state index is -3.28. The molecule has 1 saturated carbocycles. The number of rotatable bonds is 5. The van der Waals surface area contributed by atoms with Gasteiger partial charge in [-0.3, -0.25) is 4.79 Å². The first-order chi connectivity index (χ1) is 14.3. The normalized spacial score (nSPS) is 20.0. The van der Waals surface area contributed by atoms with Crippen molar-refractivity contribution in [3.8, 4) is 0 Å². The highest BCUT2D eigenvalue weighted by Gasteiger charge is 2.29. The Hall–Kier alpha value is -2.44. The van der Waals surface area contributed by atoms with Gasteiger partial charge in [0.05, 0.1) is 5.25 Å². The molecule has 0 unspecified atom stereocenters. The summed E-state index contributed by atoms with van der Waals surface area (Å²) in [5.74, 6) is -0.0821. The molecule has 0 saturated heterocycles. The van der Waals surface area contributed by atoms with Gasteiger partial charge in [0.2, 0.25) is 15.9 Å². The van der Waals surface area contributed by atoms with E-state index in [0.29, 0.717) is 25.7 Å². The van der Waals surface area contributed by atoms with Gasteiger partial charge in [0.15, 0.2) is 0 Å². The van der Waals surface area contributed by atoms with Gasteiger partial charge in [-0.1, -0.05) is 36.4 Å². The molecule has 4 rings (SSSR count). The molecule has 1 aliphatic rings. The van der Waals surface area contributed by atoms with E-state index in [0.717, 1.165) is 21.8 Å². The molecular weight excluding hydrogens is 396 g/mol. The molecule has 3 aromatic rings. The number of amides is 1. The van der Waals surface area contributed by atoms with Gasteiger partial charge in [-0.15, -0.1) is 0 Å². The first-order valence-electron chi connectivity index (χ1n) is 10.6. The first-order valence-corrected chi connectivity index (χ1v) is 12.1. The lowest BCUT2D eigenvalue weighted by atomic mass is 9.86. The van der Waals surface area contributed by atoms with Gasteiger partial charge in [0, 0.05) is 23.0 Å². The number of hydrogen-bond donors (Lipinski definition) is 2. The van der Waals surface area contributed by atoms with E-state index in [4.69, 9.17) is 0 Å². The minimum absolute atomic E-state index is 0.0147. The van der Waals surface area contributed by atoms with E-state index in [1.807, 2.05) is 24.3 Å². The summed E-state index contributed by atoms with van der Waals surface area (Å²) in [6, 6.07) is 18.4. The minimum Gasteiger partial charge on any atom is -0.325 e. The largest absolute Gasteiger partial charge is 0.325 e. The van der Waals surface area contributed by atoms with Crippen molar-refractivity contribution in [2.75, 3.05) is 5.32 Å². The second kappa shape index (κ2) is 8.36. The Bertz CT molecular complexity index is 1180. The van der Waals surface area contributed by atoms with Gasteiger partial charge in [0.25, 0.3) is 0 Å². The highest BCUT2D eigenvalue weighted by Crippen LogP contribution is 2.31. The molecule has 0 aromatic heterocycles. The fourth-order valence-corrected chi connectivity index (χ4v) is 5.12. The van der Waals surface area contributed by atoms with Gasteiger partial charge < -0.3 is 5.32 Å². The average Bonchev–Trinajstić information content (AvgIpc) is 2.72. The summed E-state index contributed by atoms with van der Waals surface area (Å²) in [5, 5.41) is 7.13. The van der Waals surface area contributed by atoms with Crippen LogP contribution in [0.25, 0.3) is 21.5 Å². The standard InChI is InChI=1S/C24H28N2O3S/c1-16(2)30(28,29)26-21-12-10-17(11-13-21)24(27)25-23-9-5-8-20-14-18-6-3-4-7-19(18)15-22(20)23/h3-9,14-17,21,26H,10-13H2,1-2H3,(H,25,27). The lowest BCUT2D eigenvalue weighted by Crippen LogP contribution is -2.42. The van der Waals surface area contributed by atoms with E-state index in [2.05, 4.69) is 40.4 Å². The summed E-state index contributed by atoms with van der Waals surface area (Å²) in [7, 11) is -3.28. The molecule has 30 heavy (non-hydrogen) atoms.